The van der Waals surface area contributed by atoms with E-state index in [1.807, 2.05) is 0 Å². The van der Waals surface area contributed by atoms with E-state index in [1.165, 1.54) is 127 Å². The molecule has 1 aliphatic rings. The average molecular weight is 803 g/mol. The van der Waals surface area contributed by atoms with Crippen molar-refractivity contribution in [3.05, 3.63) is 223 Å². The third kappa shape index (κ3) is 5.65. The molecule has 10 aromatic carbocycles. The molecule has 2 nitrogen and oxygen atoms in total. The van der Waals surface area contributed by atoms with Gasteiger partial charge in [-0.15, -0.1) is 0 Å². The van der Waals surface area contributed by atoms with Gasteiger partial charge in [-0.3, -0.25) is 0 Å². The van der Waals surface area contributed by atoms with Crippen LogP contribution in [0.5, 0.6) is 0 Å². The van der Waals surface area contributed by atoms with Gasteiger partial charge in [0, 0.05) is 32.9 Å². The van der Waals surface area contributed by atoms with E-state index in [1.54, 1.807) is 0 Å². The molecule has 0 radical (unpaired) electrons. The molecular weight excluding hydrogens is 761 g/mol. The summed E-state index contributed by atoms with van der Waals surface area (Å²) in [7, 11) is 0. The van der Waals surface area contributed by atoms with Crippen LogP contribution < -0.4 is 0 Å². The summed E-state index contributed by atoms with van der Waals surface area (Å²) in [6, 6.07) is 74.4. The van der Waals surface area contributed by atoms with Gasteiger partial charge in [-0.1, -0.05) is 146 Å². The fourth-order valence-corrected chi connectivity index (χ4v) is 10.7. The lowest BCUT2D eigenvalue weighted by molar-refractivity contribution is 1.00. The Kier molecular flexibility index (Phi) is 7.98. The van der Waals surface area contributed by atoms with E-state index in [9.17, 15) is 0 Å². The zero-order valence-corrected chi connectivity index (χ0v) is 35.0. The molecule has 0 amide bonds. The number of rotatable bonds is 5. The molecule has 2 heterocycles. The van der Waals surface area contributed by atoms with Crippen molar-refractivity contribution in [2.75, 3.05) is 0 Å². The van der Waals surface area contributed by atoms with Crippen molar-refractivity contribution >= 4 is 71.2 Å². The summed E-state index contributed by atoms with van der Waals surface area (Å²) < 4.78 is 4.83. The minimum absolute atomic E-state index is 1.09. The monoisotopic (exact) mass is 802 g/mol. The average Bonchev–Trinajstić information content (AvgIpc) is 3.86. The Balaban J connectivity index is 0.883. The number of nitrogens with zero attached hydrogens (tertiary/aromatic N) is 2. The Morgan fingerprint density at radius 3 is 1.52 bits per heavy atom. The van der Waals surface area contributed by atoms with Gasteiger partial charge in [-0.25, -0.2) is 0 Å². The SMILES string of the molecule is Cc1cc(-c2ccc(-c3ccc4c5c(c6ccccc6c4c3)C=CCC5)cc2)cc(-n2c3ccccc3c3cc(-c4ccc5c(c4)c4ccccc4n5-c4ccccc4)ccc32)c1. The number of aryl methyl sites for hydroxylation is 2. The topological polar surface area (TPSA) is 9.86 Å². The smallest absolute Gasteiger partial charge is 0.0541 e. The summed E-state index contributed by atoms with van der Waals surface area (Å²) >= 11 is 0. The summed E-state index contributed by atoms with van der Waals surface area (Å²) in [5, 5.41) is 10.4. The summed E-state index contributed by atoms with van der Waals surface area (Å²) in [4.78, 5) is 0. The fourth-order valence-electron chi connectivity index (χ4n) is 10.7. The highest BCUT2D eigenvalue weighted by Gasteiger charge is 2.18. The molecule has 63 heavy (non-hydrogen) atoms. The summed E-state index contributed by atoms with van der Waals surface area (Å²) in [5.41, 5.74) is 18.6. The molecule has 2 heteroatoms. The van der Waals surface area contributed by atoms with Crippen molar-refractivity contribution in [2.24, 2.45) is 0 Å². The first-order chi connectivity index (χ1) is 31.1. The van der Waals surface area contributed by atoms with Crippen molar-refractivity contribution < 1.29 is 0 Å². The number of benzene rings is 10. The van der Waals surface area contributed by atoms with E-state index in [0.29, 0.717) is 0 Å². The third-order valence-corrected chi connectivity index (χ3v) is 13.6. The fraction of sp³-hybridized carbons (Fsp3) is 0.0492. The Morgan fingerprint density at radius 1 is 0.333 bits per heavy atom. The number of fused-ring (bicyclic) bond motifs is 12. The Hall–Kier alpha value is -7.94. The van der Waals surface area contributed by atoms with Gasteiger partial charge in [-0.2, -0.15) is 0 Å². The highest BCUT2D eigenvalue weighted by Crippen LogP contribution is 2.41. The maximum Gasteiger partial charge on any atom is 0.0541 e. The lowest BCUT2D eigenvalue weighted by Gasteiger charge is -2.18. The van der Waals surface area contributed by atoms with Gasteiger partial charge < -0.3 is 9.13 Å². The molecule has 12 aromatic rings. The number of para-hydroxylation sites is 3. The first-order valence-corrected chi connectivity index (χ1v) is 22.1. The predicted molar refractivity (Wildman–Crippen MR) is 269 cm³/mol. The Morgan fingerprint density at radius 2 is 0.841 bits per heavy atom. The second kappa shape index (κ2) is 14.1. The second-order valence-corrected chi connectivity index (χ2v) is 17.3. The quantitative estimate of drug-likeness (QED) is 0.153. The summed E-state index contributed by atoms with van der Waals surface area (Å²) in [6.45, 7) is 2.21. The molecule has 0 unspecified atom stereocenters. The standard InChI is InChI=1S/C61H42N2/c1-39-33-45(41-25-23-40(24-26-41)42-27-30-52-50-17-6-5-15-48(50)49-16-7-8-18-51(49)55(52)36-42)35-47(34-39)63-59-22-12-10-20-54(59)57-38-44(29-32-61(57)63)43-28-31-60-56(37-43)53-19-9-11-21-58(53)62(60)46-13-3-2-4-14-46/h2-5,7-16,18-38H,6,17H2,1H3. The zero-order chi connectivity index (χ0) is 41.6. The molecule has 0 N–H and O–H groups in total. The number of allylic oxidation sites excluding steroid dienone is 1. The van der Waals surface area contributed by atoms with Gasteiger partial charge in [0.2, 0.25) is 0 Å². The van der Waals surface area contributed by atoms with E-state index >= 15 is 0 Å². The van der Waals surface area contributed by atoms with Crippen molar-refractivity contribution in [1.29, 1.82) is 0 Å². The maximum atomic E-state index is 2.45. The van der Waals surface area contributed by atoms with E-state index in [2.05, 4.69) is 228 Å². The second-order valence-electron chi connectivity index (χ2n) is 17.3. The highest BCUT2D eigenvalue weighted by atomic mass is 15.0. The zero-order valence-electron chi connectivity index (χ0n) is 35.0. The molecule has 0 saturated heterocycles. The van der Waals surface area contributed by atoms with Gasteiger partial charge >= 0.3 is 0 Å². The van der Waals surface area contributed by atoms with Crippen molar-refractivity contribution in [1.82, 2.24) is 9.13 Å². The van der Waals surface area contributed by atoms with E-state index in [-0.39, 0.29) is 0 Å². The van der Waals surface area contributed by atoms with Crippen LogP contribution in [0.25, 0.3) is 116 Å². The van der Waals surface area contributed by atoms with Gasteiger partial charge in [0.25, 0.3) is 0 Å². The summed E-state index contributed by atoms with van der Waals surface area (Å²) in [5.74, 6) is 0. The molecule has 0 saturated carbocycles. The van der Waals surface area contributed by atoms with Gasteiger partial charge in [0.05, 0.1) is 22.1 Å². The first-order valence-electron chi connectivity index (χ1n) is 22.1. The Labute approximate surface area is 366 Å². The van der Waals surface area contributed by atoms with Crippen LogP contribution in [0.2, 0.25) is 0 Å². The minimum Gasteiger partial charge on any atom is -0.309 e. The number of aromatic nitrogens is 2. The van der Waals surface area contributed by atoms with Crippen LogP contribution in [-0.4, -0.2) is 9.13 Å². The number of hydrogen-bond donors (Lipinski definition) is 0. The van der Waals surface area contributed by atoms with E-state index < -0.39 is 0 Å². The molecule has 13 rings (SSSR count). The first kappa shape index (κ1) is 35.8. The lowest BCUT2D eigenvalue weighted by Crippen LogP contribution is -1.98. The van der Waals surface area contributed by atoms with Crippen LogP contribution in [0.4, 0.5) is 0 Å². The normalized spacial score (nSPS) is 12.7. The maximum absolute atomic E-state index is 2.45. The molecule has 0 atom stereocenters. The van der Waals surface area contributed by atoms with Crippen LogP contribution >= 0.6 is 0 Å². The van der Waals surface area contributed by atoms with Crippen LogP contribution in [-0.2, 0) is 6.42 Å². The van der Waals surface area contributed by atoms with Crippen LogP contribution in [0.3, 0.4) is 0 Å². The third-order valence-electron chi connectivity index (χ3n) is 13.6. The predicted octanol–water partition coefficient (Wildman–Crippen LogP) is 16.5. The van der Waals surface area contributed by atoms with Gasteiger partial charge in [0.15, 0.2) is 0 Å². The van der Waals surface area contributed by atoms with Gasteiger partial charge in [0.1, 0.15) is 0 Å². The largest absolute Gasteiger partial charge is 0.309 e. The molecule has 0 aliphatic heterocycles. The summed E-state index contributed by atoms with van der Waals surface area (Å²) in [6.07, 6.45) is 6.84. The molecule has 0 fully saturated rings. The molecule has 0 bridgehead atoms. The Bertz CT molecular complexity index is 3840. The molecule has 1 aliphatic carbocycles. The van der Waals surface area contributed by atoms with Crippen LogP contribution in [0.1, 0.15) is 23.1 Å². The van der Waals surface area contributed by atoms with Gasteiger partial charge in [-0.05, 0) is 158 Å². The highest BCUT2D eigenvalue weighted by molar-refractivity contribution is 6.15. The van der Waals surface area contributed by atoms with Crippen LogP contribution in [0.15, 0.2) is 206 Å². The van der Waals surface area contributed by atoms with Crippen molar-refractivity contribution in [2.45, 2.75) is 19.8 Å². The molecule has 296 valence electrons. The van der Waals surface area contributed by atoms with Crippen molar-refractivity contribution in [3.8, 4) is 44.8 Å². The number of hydrogen-bond acceptors (Lipinski definition) is 0. The van der Waals surface area contributed by atoms with Crippen molar-refractivity contribution in [3.63, 3.8) is 0 Å². The van der Waals surface area contributed by atoms with E-state index in [4.69, 9.17) is 0 Å². The molecular formula is C61H42N2. The van der Waals surface area contributed by atoms with Crippen LogP contribution in [0, 0.1) is 6.92 Å². The minimum atomic E-state index is 1.09. The van der Waals surface area contributed by atoms with E-state index in [0.717, 1.165) is 12.8 Å². The molecule has 2 aromatic heterocycles. The molecule has 0 spiro atoms. The lowest BCUT2D eigenvalue weighted by atomic mass is 9.86.